The summed E-state index contributed by atoms with van der Waals surface area (Å²) in [7, 11) is -3.24. The standard InChI is InChI=1S/C24H29N3O3S/c1-18-11-21(16-27(18)10-9-19-3-2-4-20(12-19)13-25)17-30-22-5-7-23(8-6-22)31(28,29)24-14-26-15-24/h2-8,12,18,21,24,26H,9-11,14-17H2,1H3/t18-,21+/m1/s1. The van der Waals surface area contributed by atoms with Crippen LogP contribution in [0.15, 0.2) is 53.4 Å². The van der Waals surface area contributed by atoms with E-state index in [9.17, 15) is 8.42 Å². The lowest BCUT2D eigenvalue weighted by Gasteiger charge is -2.26. The van der Waals surface area contributed by atoms with Crippen molar-refractivity contribution in [3.63, 3.8) is 0 Å². The van der Waals surface area contributed by atoms with Gasteiger partial charge in [-0.1, -0.05) is 12.1 Å². The molecule has 0 radical (unpaired) electrons. The van der Waals surface area contributed by atoms with Crippen LogP contribution in [0.25, 0.3) is 0 Å². The van der Waals surface area contributed by atoms with E-state index in [4.69, 9.17) is 10.00 Å². The number of rotatable bonds is 8. The summed E-state index contributed by atoms with van der Waals surface area (Å²) in [4.78, 5) is 2.85. The average Bonchev–Trinajstić information content (AvgIpc) is 3.09. The molecular formula is C24H29N3O3S. The highest BCUT2D eigenvalue weighted by atomic mass is 32.2. The van der Waals surface area contributed by atoms with Crippen molar-refractivity contribution in [1.82, 2.24) is 10.2 Å². The molecule has 1 N–H and O–H groups in total. The summed E-state index contributed by atoms with van der Waals surface area (Å²) < 4.78 is 30.9. The smallest absolute Gasteiger partial charge is 0.183 e. The number of nitriles is 1. The third-order valence-electron chi connectivity index (χ3n) is 6.36. The van der Waals surface area contributed by atoms with Gasteiger partial charge in [-0.05, 0) is 61.7 Å². The molecule has 0 aromatic heterocycles. The third kappa shape index (κ3) is 5.09. The second-order valence-electron chi connectivity index (χ2n) is 8.62. The van der Waals surface area contributed by atoms with Gasteiger partial charge in [-0.15, -0.1) is 0 Å². The van der Waals surface area contributed by atoms with Gasteiger partial charge in [-0.25, -0.2) is 8.42 Å². The van der Waals surface area contributed by atoms with Crippen molar-refractivity contribution in [2.75, 3.05) is 32.8 Å². The Morgan fingerprint density at radius 2 is 1.97 bits per heavy atom. The molecule has 2 aliphatic rings. The van der Waals surface area contributed by atoms with Gasteiger partial charge in [0.1, 0.15) is 5.75 Å². The SMILES string of the molecule is C[C@@H]1C[C@H](COc2ccc(S(=O)(=O)C3CNC3)cc2)CN1CCc1cccc(C#N)c1. The van der Waals surface area contributed by atoms with E-state index in [-0.39, 0.29) is 5.25 Å². The zero-order chi connectivity index (χ0) is 21.8. The summed E-state index contributed by atoms with van der Waals surface area (Å²) in [6.07, 6.45) is 2.01. The van der Waals surface area contributed by atoms with Crippen molar-refractivity contribution in [1.29, 1.82) is 5.26 Å². The van der Waals surface area contributed by atoms with Gasteiger partial charge in [-0.2, -0.15) is 5.26 Å². The van der Waals surface area contributed by atoms with Crippen molar-refractivity contribution in [2.24, 2.45) is 5.92 Å². The van der Waals surface area contributed by atoms with Crippen LogP contribution < -0.4 is 10.1 Å². The molecule has 2 aliphatic heterocycles. The molecule has 0 bridgehead atoms. The molecule has 2 heterocycles. The summed E-state index contributed by atoms with van der Waals surface area (Å²) in [6.45, 7) is 5.89. The fourth-order valence-electron chi connectivity index (χ4n) is 4.33. The first-order chi connectivity index (χ1) is 15.0. The van der Waals surface area contributed by atoms with Crippen LogP contribution >= 0.6 is 0 Å². The predicted molar refractivity (Wildman–Crippen MR) is 120 cm³/mol. The van der Waals surface area contributed by atoms with Crippen LogP contribution in [0.3, 0.4) is 0 Å². The molecule has 7 heteroatoms. The molecule has 2 atom stereocenters. The van der Waals surface area contributed by atoms with Crippen molar-refractivity contribution in [3.8, 4) is 11.8 Å². The number of likely N-dealkylation sites (tertiary alicyclic amines) is 1. The van der Waals surface area contributed by atoms with Gasteiger partial charge in [0, 0.05) is 38.1 Å². The summed E-state index contributed by atoms with van der Waals surface area (Å²) >= 11 is 0. The number of ether oxygens (including phenoxy) is 1. The maximum Gasteiger partial charge on any atom is 0.183 e. The largest absolute Gasteiger partial charge is 0.493 e. The molecule has 0 unspecified atom stereocenters. The summed E-state index contributed by atoms with van der Waals surface area (Å²) in [6, 6.07) is 17.3. The molecule has 0 spiro atoms. The minimum absolute atomic E-state index is 0.312. The zero-order valence-corrected chi connectivity index (χ0v) is 18.6. The van der Waals surface area contributed by atoms with E-state index >= 15 is 0 Å². The number of nitrogens with one attached hydrogen (secondary N) is 1. The Labute approximate surface area is 184 Å². The molecule has 2 fully saturated rings. The summed E-state index contributed by atoms with van der Waals surface area (Å²) in [5.74, 6) is 1.16. The van der Waals surface area contributed by atoms with Gasteiger partial charge in [-0.3, -0.25) is 4.90 Å². The minimum atomic E-state index is -3.24. The highest BCUT2D eigenvalue weighted by Crippen LogP contribution is 2.26. The Kier molecular flexibility index (Phi) is 6.61. The lowest BCUT2D eigenvalue weighted by Crippen LogP contribution is -2.51. The molecular weight excluding hydrogens is 410 g/mol. The predicted octanol–water partition coefficient (Wildman–Crippen LogP) is 2.64. The Morgan fingerprint density at radius 3 is 2.65 bits per heavy atom. The molecule has 0 saturated carbocycles. The zero-order valence-electron chi connectivity index (χ0n) is 17.8. The second kappa shape index (κ2) is 9.39. The van der Waals surface area contributed by atoms with Crippen LogP contribution in [0.5, 0.6) is 5.75 Å². The second-order valence-corrected chi connectivity index (χ2v) is 10.8. The van der Waals surface area contributed by atoms with Gasteiger partial charge >= 0.3 is 0 Å². The van der Waals surface area contributed by atoms with Crippen molar-refractivity contribution in [2.45, 2.75) is 36.0 Å². The van der Waals surface area contributed by atoms with Crippen molar-refractivity contribution in [3.05, 3.63) is 59.7 Å². The molecule has 0 aliphatic carbocycles. The lowest BCUT2D eigenvalue weighted by atomic mass is 10.1. The van der Waals surface area contributed by atoms with E-state index in [2.05, 4.69) is 29.3 Å². The van der Waals surface area contributed by atoms with Crippen LogP contribution in [0.1, 0.15) is 24.5 Å². The molecule has 31 heavy (non-hydrogen) atoms. The van der Waals surface area contributed by atoms with E-state index in [0.717, 1.165) is 25.9 Å². The van der Waals surface area contributed by atoms with Crippen LogP contribution in [0.4, 0.5) is 0 Å². The van der Waals surface area contributed by atoms with Crippen molar-refractivity contribution < 1.29 is 13.2 Å². The van der Waals surface area contributed by atoms with E-state index in [0.29, 0.717) is 47.9 Å². The van der Waals surface area contributed by atoms with Crippen LogP contribution in [-0.2, 0) is 16.3 Å². The first kappa shape index (κ1) is 21.8. The number of sulfone groups is 1. The summed E-state index contributed by atoms with van der Waals surface area (Å²) in [5.41, 5.74) is 1.90. The van der Waals surface area contributed by atoms with Gasteiger partial charge in [0.05, 0.1) is 28.4 Å². The summed E-state index contributed by atoms with van der Waals surface area (Å²) in [5, 5.41) is 11.8. The van der Waals surface area contributed by atoms with Crippen LogP contribution in [0, 0.1) is 17.2 Å². The van der Waals surface area contributed by atoms with Crippen molar-refractivity contribution >= 4 is 9.84 Å². The molecule has 6 nitrogen and oxygen atoms in total. The fourth-order valence-corrected chi connectivity index (χ4v) is 5.91. The quantitative estimate of drug-likeness (QED) is 0.681. The Hall–Kier alpha value is -2.40. The number of hydrogen-bond acceptors (Lipinski definition) is 6. The molecule has 2 aromatic rings. The molecule has 4 rings (SSSR count). The topological polar surface area (TPSA) is 82.4 Å². The fraction of sp³-hybridized carbons (Fsp3) is 0.458. The van der Waals surface area contributed by atoms with E-state index in [1.807, 2.05) is 18.2 Å². The van der Waals surface area contributed by atoms with Gasteiger partial charge < -0.3 is 10.1 Å². The monoisotopic (exact) mass is 439 g/mol. The number of benzene rings is 2. The highest BCUT2D eigenvalue weighted by Gasteiger charge is 2.32. The minimum Gasteiger partial charge on any atom is -0.493 e. The maximum absolute atomic E-state index is 12.5. The first-order valence-electron chi connectivity index (χ1n) is 10.9. The normalized spacial score (nSPS) is 22.1. The molecule has 164 valence electrons. The Bertz CT molecular complexity index is 1040. The number of hydrogen-bond donors (Lipinski definition) is 1. The third-order valence-corrected chi connectivity index (χ3v) is 8.50. The van der Waals surface area contributed by atoms with E-state index < -0.39 is 9.84 Å². The Morgan fingerprint density at radius 1 is 1.19 bits per heavy atom. The average molecular weight is 440 g/mol. The molecule has 2 saturated heterocycles. The van der Waals surface area contributed by atoms with Gasteiger partial charge in [0.25, 0.3) is 0 Å². The number of nitrogens with zero attached hydrogens (tertiary/aromatic N) is 2. The van der Waals surface area contributed by atoms with Gasteiger partial charge in [0.2, 0.25) is 0 Å². The van der Waals surface area contributed by atoms with Crippen LogP contribution in [0.2, 0.25) is 0 Å². The van der Waals surface area contributed by atoms with Crippen LogP contribution in [-0.4, -0.2) is 57.4 Å². The van der Waals surface area contributed by atoms with Gasteiger partial charge in [0.15, 0.2) is 9.84 Å². The Balaban J connectivity index is 1.26. The highest BCUT2D eigenvalue weighted by molar-refractivity contribution is 7.92. The maximum atomic E-state index is 12.5. The molecule has 2 aromatic carbocycles. The lowest BCUT2D eigenvalue weighted by molar-refractivity contribution is 0.234. The van der Waals surface area contributed by atoms with E-state index in [1.54, 1.807) is 24.3 Å². The molecule has 0 amide bonds. The van der Waals surface area contributed by atoms with E-state index in [1.165, 1.54) is 5.56 Å². The first-order valence-corrected chi connectivity index (χ1v) is 12.4.